The molecular weight excluding hydrogens is 418 g/mol. The van der Waals surface area contributed by atoms with Gasteiger partial charge in [0.1, 0.15) is 0 Å². The largest absolute Gasteiger partial charge is 0.462 e. The highest BCUT2D eigenvalue weighted by Crippen LogP contribution is 2.25. The number of carbonyl (C=O) groups is 1. The van der Waals surface area contributed by atoms with Crippen LogP contribution < -0.4 is 4.72 Å². The predicted molar refractivity (Wildman–Crippen MR) is 105 cm³/mol. The summed E-state index contributed by atoms with van der Waals surface area (Å²) in [4.78, 5) is 12.1. The lowest BCUT2D eigenvalue weighted by Gasteiger charge is -2.11. The summed E-state index contributed by atoms with van der Waals surface area (Å²) in [5.74, 6) is -0.522. The number of anilines is 1. The molecule has 3 aromatic rings. The third kappa shape index (κ3) is 3.89. The van der Waals surface area contributed by atoms with E-state index in [1.165, 1.54) is 6.07 Å². The standard InChI is InChI=1S/C19H16BrNO4S/c1-2-25-19(22)17-12-15(8-10-18(17)20)21-26(23,24)16-9-7-13-5-3-4-6-14(13)11-16/h3-12,21H,2H2,1H3. The third-order valence-corrected chi connectivity index (χ3v) is 5.82. The Morgan fingerprint density at radius 2 is 1.77 bits per heavy atom. The second-order valence-electron chi connectivity index (χ2n) is 5.53. The molecule has 0 aromatic heterocycles. The van der Waals surface area contributed by atoms with Gasteiger partial charge in [-0.15, -0.1) is 0 Å². The first-order valence-corrected chi connectivity index (χ1v) is 10.2. The van der Waals surface area contributed by atoms with E-state index in [1.54, 1.807) is 37.3 Å². The van der Waals surface area contributed by atoms with Crippen molar-refractivity contribution in [3.63, 3.8) is 0 Å². The van der Waals surface area contributed by atoms with Gasteiger partial charge in [0.15, 0.2) is 0 Å². The summed E-state index contributed by atoms with van der Waals surface area (Å²) in [5.41, 5.74) is 0.537. The van der Waals surface area contributed by atoms with Crippen LogP contribution in [0.15, 0.2) is 70.0 Å². The third-order valence-electron chi connectivity index (χ3n) is 3.75. The molecule has 0 aliphatic heterocycles. The Bertz CT molecular complexity index is 1080. The van der Waals surface area contributed by atoms with Crippen LogP contribution in [0, 0.1) is 0 Å². The van der Waals surface area contributed by atoms with Crippen LogP contribution in [0.3, 0.4) is 0 Å². The Kier molecular flexibility index (Phi) is 5.29. The van der Waals surface area contributed by atoms with Crippen LogP contribution >= 0.6 is 15.9 Å². The lowest BCUT2D eigenvalue weighted by atomic mass is 10.1. The van der Waals surface area contributed by atoms with Crippen LogP contribution in [0.25, 0.3) is 10.8 Å². The maximum atomic E-state index is 12.7. The van der Waals surface area contributed by atoms with E-state index >= 15 is 0 Å². The lowest BCUT2D eigenvalue weighted by molar-refractivity contribution is 0.0525. The maximum absolute atomic E-state index is 12.7. The summed E-state index contributed by atoms with van der Waals surface area (Å²) in [5, 5.41) is 1.79. The van der Waals surface area contributed by atoms with E-state index in [0.717, 1.165) is 10.8 Å². The van der Waals surface area contributed by atoms with Crippen molar-refractivity contribution in [1.82, 2.24) is 0 Å². The average Bonchev–Trinajstić information content (AvgIpc) is 2.63. The van der Waals surface area contributed by atoms with Crippen molar-refractivity contribution in [2.45, 2.75) is 11.8 Å². The molecule has 0 amide bonds. The molecule has 0 unspecified atom stereocenters. The van der Waals surface area contributed by atoms with Crippen molar-refractivity contribution < 1.29 is 17.9 Å². The minimum absolute atomic E-state index is 0.150. The quantitative estimate of drug-likeness (QED) is 0.597. The van der Waals surface area contributed by atoms with Crippen molar-refractivity contribution in [2.24, 2.45) is 0 Å². The summed E-state index contributed by atoms with van der Waals surface area (Å²) >= 11 is 3.27. The highest BCUT2D eigenvalue weighted by molar-refractivity contribution is 9.10. The van der Waals surface area contributed by atoms with E-state index in [-0.39, 0.29) is 22.8 Å². The molecule has 0 atom stereocenters. The van der Waals surface area contributed by atoms with Gasteiger partial charge >= 0.3 is 5.97 Å². The van der Waals surface area contributed by atoms with Crippen LogP contribution in [-0.2, 0) is 14.8 Å². The molecule has 7 heteroatoms. The Balaban J connectivity index is 1.93. The summed E-state index contributed by atoms with van der Waals surface area (Å²) in [6.07, 6.45) is 0. The lowest BCUT2D eigenvalue weighted by Crippen LogP contribution is -2.14. The molecule has 0 bridgehead atoms. The number of benzene rings is 3. The number of nitrogens with one attached hydrogen (secondary N) is 1. The van der Waals surface area contributed by atoms with E-state index in [1.807, 2.05) is 24.3 Å². The van der Waals surface area contributed by atoms with Crippen molar-refractivity contribution in [3.8, 4) is 0 Å². The van der Waals surface area contributed by atoms with Gasteiger partial charge in [0.2, 0.25) is 0 Å². The van der Waals surface area contributed by atoms with Crippen molar-refractivity contribution in [2.75, 3.05) is 11.3 Å². The first kappa shape index (κ1) is 18.4. The van der Waals surface area contributed by atoms with Gasteiger partial charge in [0.05, 0.1) is 17.1 Å². The first-order valence-electron chi connectivity index (χ1n) is 7.89. The molecular formula is C19H16BrNO4S. The molecule has 134 valence electrons. The predicted octanol–water partition coefficient (Wildman–Crippen LogP) is 4.58. The molecule has 0 saturated heterocycles. The summed E-state index contributed by atoms with van der Waals surface area (Å²) < 4.78 is 33.4. The fourth-order valence-electron chi connectivity index (χ4n) is 2.50. The highest BCUT2D eigenvalue weighted by Gasteiger charge is 2.17. The zero-order valence-electron chi connectivity index (χ0n) is 13.9. The zero-order valence-corrected chi connectivity index (χ0v) is 16.3. The van der Waals surface area contributed by atoms with Gasteiger partial charge in [-0.2, -0.15) is 0 Å². The zero-order chi connectivity index (χ0) is 18.7. The van der Waals surface area contributed by atoms with Crippen LogP contribution in [0.2, 0.25) is 0 Å². The first-order chi connectivity index (χ1) is 12.4. The minimum Gasteiger partial charge on any atom is -0.462 e. The number of sulfonamides is 1. The minimum atomic E-state index is -3.79. The van der Waals surface area contributed by atoms with Gasteiger partial charge in [0.25, 0.3) is 10.0 Å². The van der Waals surface area contributed by atoms with Crippen LogP contribution in [0.4, 0.5) is 5.69 Å². The molecule has 5 nitrogen and oxygen atoms in total. The van der Waals surface area contributed by atoms with E-state index < -0.39 is 16.0 Å². The van der Waals surface area contributed by atoms with Gasteiger partial charge in [-0.25, -0.2) is 13.2 Å². The number of esters is 1. The van der Waals surface area contributed by atoms with Crippen LogP contribution in [0.5, 0.6) is 0 Å². The number of hydrogen-bond acceptors (Lipinski definition) is 4. The van der Waals surface area contributed by atoms with Crippen LogP contribution in [0.1, 0.15) is 17.3 Å². The number of hydrogen-bond donors (Lipinski definition) is 1. The molecule has 0 fully saturated rings. The summed E-state index contributed by atoms with van der Waals surface area (Å²) in [6, 6.07) is 17.1. The maximum Gasteiger partial charge on any atom is 0.339 e. The van der Waals surface area contributed by atoms with E-state index in [4.69, 9.17) is 4.74 Å². The van der Waals surface area contributed by atoms with Crippen molar-refractivity contribution in [1.29, 1.82) is 0 Å². The van der Waals surface area contributed by atoms with E-state index in [2.05, 4.69) is 20.7 Å². The normalized spacial score (nSPS) is 11.3. The molecule has 0 heterocycles. The molecule has 3 rings (SSSR count). The molecule has 1 N–H and O–H groups in total. The number of halogens is 1. The fourth-order valence-corrected chi connectivity index (χ4v) is 4.00. The van der Waals surface area contributed by atoms with Gasteiger partial charge < -0.3 is 4.74 Å². The Labute approximate surface area is 160 Å². The number of ether oxygens (including phenoxy) is 1. The second-order valence-corrected chi connectivity index (χ2v) is 8.07. The monoisotopic (exact) mass is 433 g/mol. The Morgan fingerprint density at radius 3 is 2.50 bits per heavy atom. The van der Waals surface area contributed by atoms with E-state index in [0.29, 0.717) is 4.47 Å². The van der Waals surface area contributed by atoms with Gasteiger partial charge in [0, 0.05) is 10.2 Å². The SMILES string of the molecule is CCOC(=O)c1cc(NS(=O)(=O)c2ccc3ccccc3c2)ccc1Br. The van der Waals surface area contributed by atoms with Crippen LogP contribution in [-0.4, -0.2) is 21.0 Å². The Morgan fingerprint density at radius 1 is 1.04 bits per heavy atom. The average molecular weight is 434 g/mol. The van der Waals surface area contributed by atoms with Gasteiger partial charge in [-0.3, -0.25) is 4.72 Å². The molecule has 0 spiro atoms. The molecule has 0 aliphatic carbocycles. The topological polar surface area (TPSA) is 72.5 Å². The second kappa shape index (κ2) is 7.47. The number of fused-ring (bicyclic) bond motifs is 1. The molecule has 0 radical (unpaired) electrons. The highest BCUT2D eigenvalue weighted by atomic mass is 79.9. The van der Waals surface area contributed by atoms with Gasteiger partial charge in [-0.1, -0.05) is 30.3 Å². The molecule has 26 heavy (non-hydrogen) atoms. The molecule has 0 saturated carbocycles. The summed E-state index contributed by atoms with van der Waals surface area (Å²) in [7, 11) is -3.79. The summed E-state index contributed by atoms with van der Waals surface area (Å²) in [6.45, 7) is 1.94. The van der Waals surface area contributed by atoms with E-state index in [9.17, 15) is 13.2 Å². The Hall–Kier alpha value is -2.38. The smallest absolute Gasteiger partial charge is 0.339 e. The van der Waals surface area contributed by atoms with Gasteiger partial charge in [-0.05, 0) is 64.0 Å². The fraction of sp³-hybridized carbons (Fsp3) is 0.105. The number of rotatable bonds is 5. The van der Waals surface area contributed by atoms with Crippen molar-refractivity contribution in [3.05, 3.63) is 70.7 Å². The molecule has 3 aromatic carbocycles. The number of carbonyl (C=O) groups excluding carboxylic acids is 1. The van der Waals surface area contributed by atoms with Crippen molar-refractivity contribution >= 4 is 48.4 Å². The molecule has 0 aliphatic rings.